The third kappa shape index (κ3) is 3.08. The lowest BCUT2D eigenvalue weighted by Crippen LogP contribution is -2.50. The highest BCUT2D eigenvalue weighted by molar-refractivity contribution is 8.00. The summed E-state index contributed by atoms with van der Waals surface area (Å²) in [5.74, 6) is 1.35. The summed E-state index contributed by atoms with van der Waals surface area (Å²) in [6, 6.07) is 0. The first-order valence-electron chi connectivity index (χ1n) is 5.92. The molecule has 1 aromatic rings. The average molecular weight is 304 g/mol. The van der Waals surface area contributed by atoms with E-state index < -0.39 is 21.1 Å². The van der Waals surface area contributed by atoms with Gasteiger partial charge in [0.1, 0.15) is 11.2 Å². The molecule has 2 heterocycles. The lowest BCUT2D eigenvalue weighted by molar-refractivity contribution is 0.0737. The number of carbonyl (C=O) groups excluding carboxylic acids is 1. The number of rotatable bonds is 3. The summed E-state index contributed by atoms with van der Waals surface area (Å²) < 4.78 is 23.5. The van der Waals surface area contributed by atoms with Crippen molar-refractivity contribution in [1.82, 2.24) is 20.1 Å². The number of aryl methyl sites for hydroxylation is 1. The van der Waals surface area contributed by atoms with Gasteiger partial charge in [-0.1, -0.05) is 6.92 Å². The third-order valence-electron chi connectivity index (χ3n) is 2.90. The van der Waals surface area contributed by atoms with Crippen LogP contribution < -0.4 is 0 Å². The molecular weight excluding hydrogens is 288 g/mol. The Morgan fingerprint density at radius 2 is 2.32 bits per heavy atom. The van der Waals surface area contributed by atoms with Gasteiger partial charge < -0.3 is 4.90 Å². The number of sulfone groups is 1. The van der Waals surface area contributed by atoms with E-state index in [2.05, 4.69) is 15.2 Å². The van der Waals surface area contributed by atoms with Gasteiger partial charge in [-0.3, -0.25) is 9.89 Å². The van der Waals surface area contributed by atoms with E-state index in [4.69, 9.17) is 0 Å². The van der Waals surface area contributed by atoms with Crippen molar-refractivity contribution in [1.29, 1.82) is 0 Å². The summed E-state index contributed by atoms with van der Waals surface area (Å²) in [7, 11) is -3.31. The zero-order valence-electron chi connectivity index (χ0n) is 10.8. The molecule has 2 rings (SSSR count). The van der Waals surface area contributed by atoms with Gasteiger partial charge in [0, 0.05) is 30.7 Å². The molecule has 1 N–H and O–H groups in total. The van der Waals surface area contributed by atoms with Crippen molar-refractivity contribution in [3.05, 3.63) is 11.6 Å². The minimum Gasteiger partial charge on any atom is -0.317 e. The zero-order valence-corrected chi connectivity index (χ0v) is 12.4. The maximum Gasteiger partial charge on any atom is 0.294 e. The molecule has 1 aliphatic rings. The van der Waals surface area contributed by atoms with Crippen molar-refractivity contribution in [3.63, 3.8) is 0 Å². The minimum absolute atomic E-state index is 0.0393. The van der Waals surface area contributed by atoms with Crippen molar-refractivity contribution in [2.24, 2.45) is 0 Å². The number of hydrogen-bond acceptors (Lipinski definition) is 6. The molecule has 0 spiro atoms. The highest BCUT2D eigenvalue weighted by Gasteiger charge is 2.35. The summed E-state index contributed by atoms with van der Waals surface area (Å²) >= 11 is 1.53. The second kappa shape index (κ2) is 5.49. The Balaban J connectivity index is 2.25. The van der Waals surface area contributed by atoms with E-state index in [0.29, 0.717) is 24.5 Å². The fourth-order valence-electron chi connectivity index (χ4n) is 1.85. The van der Waals surface area contributed by atoms with E-state index in [-0.39, 0.29) is 5.82 Å². The minimum atomic E-state index is -3.31. The Bertz CT molecular complexity index is 569. The molecule has 0 aromatic carbocycles. The highest BCUT2D eigenvalue weighted by Crippen LogP contribution is 2.21. The van der Waals surface area contributed by atoms with E-state index in [9.17, 15) is 13.2 Å². The van der Waals surface area contributed by atoms with Gasteiger partial charge in [-0.25, -0.2) is 13.4 Å². The fraction of sp³-hybridized carbons (Fsp3) is 0.700. The second-order valence-corrected chi connectivity index (χ2v) is 7.67. The fourth-order valence-corrected chi connectivity index (χ4v) is 4.66. The van der Waals surface area contributed by atoms with Gasteiger partial charge in [0.15, 0.2) is 9.84 Å². The molecule has 106 valence electrons. The number of aromatic nitrogens is 3. The lowest BCUT2D eigenvalue weighted by Gasteiger charge is -2.33. The van der Waals surface area contributed by atoms with Crippen molar-refractivity contribution < 1.29 is 13.2 Å². The SMILES string of the molecule is CCc1nc(C(=O)N2CCSCC2S(C)(=O)=O)n[nH]1. The number of amides is 1. The van der Waals surface area contributed by atoms with Gasteiger partial charge in [0.2, 0.25) is 5.82 Å². The largest absolute Gasteiger partial charge is 0.317 e. The number of aromatic amines is 1. The van der Waals surface area contributed by atoms with Crippen LogP contribution in [0.2, 0.25) is 0 Å². The molecule has 1 fully saturated rings. The molecular formula is C10H16N4O3S2. The van der Waals surface area contributed by atoms with Crippen LogP contribution in [0.25, 0.3) is 0 Å². The molecule has 1 amide bonds. The Morgan fingerprint density at radius 3 is 2.89 bits per heavy atom. The van der Waals surface area contributed by atoms with Gasteiger partial charge in [-0.2, -0.15) is 11.8 Å². The lowest BCUT2D eigenvalue weighted by atomic mass is 10.4. The van der Waals surface area contributed by atoms with E-state index in [1.165, 1.54) is 16.7 Å². The molecule has 9 heteroatoms. The number of carbonyl (C=O) groups is 1. The van der Waals surface area contributed by atoms with Gasteiger partial charge in [0.05, 0.1) is 0 Å². The molecule has 0 bridgehead atoms. The van der Waals surface area contributed by atoms with Crippen molar-refractivity contribution in [3.8, 4) is 0 Å². The molecule has 19 heavy (non-hydrogen) atoms. The first-order chi connectivity index (χ1) is 8.93. The van der Waals surface area contributed by atoms with Crippen LogP contribution in [-0.4, -0.2) is 64.1 Å². The maximum absolute atomic E-state index is 12.3. The Labute approximate surface area is 116 Å². The summed E-state index contributed by atoms with van der Waals surface area (Å²) in [6.45, 7) is 2.29. The maximum atomic E-state index is 12.3. The van der Waals surface area contributed by atoms with Crippen molar-refractivity contribution >= 4 is 27.5 Å². The predicted octanol–water partition coefficient (Wildman–Crippen LogP) is -0.0732. The normalized spacial score (nSPS) is 20.5. The first kappa shape index (κ1) is 14.3. The van der Waals surface area contributed by atoms with Gasteiger partial charge >= 0.3 is 0 Å². The van der Waals surface area contributed by atoms with Gasteiger partial charge in [0.25, 0.3) is 5.91 Å². The van der Waals surface area contributed by atoms with Crippen LogP contribution in [0.3, 0.4) is 0 Å². The molecule has 1 aliphatic heterocycles. The number of thioether (sulfide) groups is 1. The molecule has 0 aliphatic carbocycles. The zero-order chi connectivity index (χ0) is 14.0. The Kier molecular flexibility index (Phi) is 4.14. The molecule has 0 saturated carbocycles. The van der Waals surface area contributed by atoms with Crippen LogP contribution in [0.15, 0.2) is 0 Å². The van der Waals surface area contributed by atoms with Crippen LogP contribution in [0.1, 0.15) is 23.4 Å². The number of hydrogen-bond donors (Lipinski definition) is 1. The number of nitrogens with one attached hydrogen (secondary N) is 1. The monoisotopic (exact) mass is 304 g/mol. The molecule has 0 radical (unpaired) electrons. The van der Waals surface area contributed by atoms with E-state index in [1.54, 1.807) is 0 Å². The highest BCUT2D eigenvalue weighted by atomic mass is 32.2. The molecule has 7 nitrogen and oxygen atoms in total. The Hall–Kier alpha value is -1.09. The second-order valence-electron chi connectivity index (χ2n) is 4.32. The van der Waals surface area contributed by atoms with Crippen LogP contribution in [0, 0.1) is 0 Å². The molecule has 1 atom stereocenters. The predicted molar refractivity (Wildman–Crippen MR) is 72.8 cm³/mol. The molecule has 1 aromatic heterocycles. The molecule has 1 saturated heterocycles. The van der Waals surface area contributed by atoms with Crippen LogP contribution in [0.5, 0.6) is 0 Å². The third-order valence-corrected chi connectivity index (χ3v) is 5.54. The summed E-state index contributed by atoms with van der Waals surface area (Å²) in [5, 5.41) is 5.73. The van der Waals surface area contributed by atoms with Gasteiger partial charge in [-0.15, -0.1) is 5.10 Å². The summed E-state index contributed by atoms with van der Waals surface area (Å²) in [4.78, 5) is 17.7. The van der Waals surface area contributed by atoms with E-state index in [1.807, 2.05) is 6.92 Å². The van der Waals surface area contributed by atoms with Crippen LogP contribution in [-0.2, 0) is 16.3 Å². The smallest absolute Gasteiger partial charge is 0.294 e. The number of nitrogens with zero attached hydrogens (tertiary/aromatic N) is 3. The van der Waals surface area contributed by atoms with Crippen molar-refractivity contribution in [2.45, 2.75) is 18.7 Å². The average Bonchev–Trinajstić information content (AvgIpc) is 2.85. The molecule has 1 unspecified atom stereocenters. The van der Waals surface area contributed by atoms with Gasteiger partial charge in [-0.05, 0) is 0 Å². The quantitative estimate of drug-likeness (QED) is 0.839. The number of H-pyrrole nitrogens is 1. The summed E-state index contributed by atoms with van der Waals surface area (Å²) in [5.41, 5.74) is 0. The Morgan fingerprint density at radius 1 is 1.58 bits per heavy atom. The topological polar surface area (TPSA) is 96.0 Å². The van der Waals surface area contributed by atoms with Crippen LogP contribution >= 0.6 is 11.8 Å². The van der Waals surface area contributed by atoms with E-state index in [0.717, 1.165) is 12.0 Å². The van der Waals surface area contributed by atoms with Crippen LogP contribution in [0.4, 0.5) is 0 Å². The van der Waals surface area contributed by atoms with E-state index >= 15 is 0 Å². The summed E-state index contributed by atoms with van der Waals surface area (Å²) in [6.07, 6.45) is 1.80. The van der Waals surface area contributed by atoms with Crippen molar-refractivity contribution in [2.75, 3.05) is 24.3 Å². The standard InChI is InChI=1S/C10H16N4O3S2/c1-3-7-11-9(13-12-7)10(15)14-4-5-18-6-8(14)19(2,16)17/h8H,3-6H2,1-2H3,(H,11,12,13). The first-order valence-corrected chi connectivity index (χ1v) is 9.03.